The standard InChI is InChI=1S/C25H24Cl2FN3O2/c1-14(2)24-23(25(32)29-12-21(28)19-9-8-17(26)11-20(19)27)22(13-30-31-24)33-18-5-3-4-16(10-18)15-6-7-15/h3-5,8-11,13-15,21H,6-7,12H2,1-2H3,(H,29,32). The molecule has 172 valence electrons. The number of hydrogen-bond donors (Lipinski definition) is 1. The maximum Gasteiger partial charge on any atom is 0.257 e. The van der Waals surface area contributed by atoms with Crippen LogP contribution in [0.15, 0.2) is 48.7 Å². The Labute approximate surface area is 202 Å². The van der Waals surface area contributed by atoms with Gasteiger partial charge in [-0.25, -0.2) is 4.39 Å². The van der Waals surface area contributed by atoms with Crippen LogP contribution in [-0.4, -0.2) is 22.6 Å². The lowest BCUT2D eigenvalue weighted by Gasteiger charge is -2.17. The number of rotatable bonds is 8. The predicted octanol–water partition coefficient (Wildman–Crippen LogP) is 7.02. The quantitative estimate of drug-likeness (QED) is 0.370. The van der Waals surface area contributed by atoms with Gasteiger partial charge in [0.25, 0.3) is 5.91 Å². The molecule has 4 rings (SSSR count). The van der Waals surface area contributed by atoms with Gasteiger partial charge < -0.3 is 10.1 Å². The van der Waals surface area contributed by atoms with E-state index in [0.717, 1.165) is 0 Å². The van der Waals surface area contributed by atoms with Gasteiger partial charge in [0.15, 0.2) is 5.75 Å². The van der Waals surface area contributed by atoms with Crippen molar-refractivity contribution in [2.45, 2.75) is 44.7 Å². The molecule has 1 heterocycles. The number of carbonyl (C=O) groups excluding carboxylic acids is 1. The van der Waals surface area contributed by atoms with Crippen molar-refractivity contribution < 1.29 is 13.9 Å². The number of benzene rings is 2. The van der Waals surface area contributed by atoms with E-state index in [1.54, 1.807) is 6.07 Å². The minimum atomic E-state index is -1.50. The molecule has 0 spiro atoms. The molecule has 1 aliphatic rings. The Morgan fingerprint density at radius 2 is 2.00 bits per heavy atom. The average Bonchev–Trinajstić information content (AvgIpc) is 3.63. The van der Waals surface area contributed by atoms with Gasteiger partial charge in [-0.3, -0.25) is 4.79 Å². The summed E-state index contributed by atoms with van der Waals surface area (Å²) >= 11 is 12.0. The molecular weight excluding hydrogens is 464 g/mol. The Morgan fingerprint density at radius 3 is 2.70 bits per heavy atom. The van der Waals surface area contributed by atoms with Gasteiger partial charge in [-0.05, 0) is 54.5 Å². The van der Waals surface area contributed by atoms with E-state index >= 15 is 0 Å². The Kier molecular flexibility index (Phi) is 7.15. The summed E-state index contributed by atoms with van der Waals surface area (Å²) in [5, 5.41) is 11.4. The first-order chi connectivity index (χ1) is 15.8. The maximum atomic E-state index is 14.8. The Bertz CT molecular complexity index is 1170. The number of alkyl halides is 1. The zero-order valence-corrected chi connectivity index (χ0v) is 19.8. The third-order valence-electron chi connectivity index (χ3n) is 5.49. The second-order valence-electron chi connectivity index (χ2n) is 8.42. The summed E-state index contributed by atoms with van der Waals surface area (Å²) in [5.41, 5.74) is 2.19. The summed E-state index contributed by atoms with van der Waals surface area (Å²) in [7, 11) is 0. The molecule has 1 saturated carbocycles. The van der Waals surface area contributed by atoms with Crippen LogP contribution in [0.3, 0.4) is 0 Å². The highest BCUT2D eigenvalue weighted by atomic mass is 35.5. The molecule has 1 aliphatic carbocycles. The monoisotopic (exact) mass is 487 g/mol. The number of amides is 1. The number of nitrogens with zero attached hydrogens (tertiary/aromatic N) is 2. The molecule has 0 bridgehead atoms. The third-order valence-corrected chi connectivity index (χ3v) is 6.06. The molecule has 2 aromatic carbocycles. The molecule has 1 N–H and O–H groups in total. The summed E-state index contributed by atoms with van der Waals surface area (Å²) in [6, 6.07) is 12.4. The van der Waals surface area contributed by atoms with Crippen LogP contribution < -0.4 is 10.1 Å². The number of ether oxygens (including phenoxy) is 1. The summed E-state index contributed by atoms with van der Waals surface area (Å²) in [5.74, 6) is 0.881. The van der Waals surface area contributed by atoms with Crippen LogP contribution in [0, 0.1) is 0 Å². The lowest BCUT2D eigenvalue weighted by Crippen LogP contribution is -2.29. The third kappa shape index (κ3) is 5.63. The number of hydrogen-bond acceptors (Lipinski definition) is 4. The molecule has 5 nitrogen and oxygen atoms in total. The van der Waals surface area contributed by atoms with Crippen LogP contribution in [0.25, 0.3) is 0 Å². The van der Waals surface area contributed by atoms with E-state index in [2.05, 4.69) is 21.6 Å². The zero-order chi connectivity index (χ0) is 23.5. The van der Waals surface area contributed by atoms with E-state index in [1.165, 1.54) is 36.7 Å². The lowest BCUT2D eigenvalue weighted by molar-refractivity contribution is 0.0937. The van der Waals surface area contributed by atoms with Crippen LogP contribution in [0.5, 0.6) is 11.5 Å². The highest BCUT2D eigenvalue weighted by molar-refractivity contribution is 6.35. The number of nitrogens with one attached hydrogen (secondary N) is 1. The van der Waals surface area contributed by atoms with Gasteiger partial charge in [-0.2, -0.15) is 10.2 Å². The van der Waals surface area contributed by atoms with Gasteiger partial charge in [0.2, 0.25) is 0 Å². The lowest BCUT2D eigenvalue weighted by atomic mass is 10.0. The van der Waals surface area contributed by atoms with Crippen molar-refractivity contribution in [1.82, 2.24) is 15.5 Å². The highest BCUT2D eigenvalue weighted by Gasteiger charge is 2.26. The van der Waals surface area contributed by atoms with E-state index in [9.17, 15) is 9.18 Å². The Balaban J connectivity index is 1.56. The first kappa shape index (κ1) is 23.5. The number of aromatic nitrogens is 2. The Morgan fingerprint density at radius 1 is 1.21 bits per heavy atom. The SMILES string of the molecule is CC(C)c1nncc(Oc2cccc(C3CC3)c2)c1C(=O)NCC(F)c1ccc(Cl)cc1Cl. The maximum absolute atomic E-state index is 14.8. The van der Waals surface area contributed by atoms with Crippen molar-refractivity contribution in [2.75, 3.05) is 6.54 Å². The molecule has 1 amide bonds. The molecule has 3 aromatic rings. The molecule has 8 heteroatoms. The largest absolute Gasteiger partial charge is 0.455 e. The highest BCUT2D eigenvalue weighted by Crippen LogP contribution is 2.41. The Hall–Kier alpha value is -2.70. The van der Waals surface area contributed by atoms with E-state index in [1.807, 2.05) is 32.0 Å². The van der Waals surface area contributed by atoms with E-state index < -0.39 is 12.1 Å². The van der Waals surface area contributed by atoms with Crippen molar-refractivity contribution in [2.24, 2.45) is 0 Å². The first-order valence-electron chi connectivity index (χ1n) is 10.8. The second kappa shape index (κ2) is 10.1. The summed E-state index contributed by atoms with van der Waals surface area (Å²) in [4.78, 5) is 13.2. The topological polar surface area (TPSA) is 64.1 Å². The van der Waals surface area contributed by atoms with Crippen LogP contribution in [-0.2, 0) is 0 Å². The molecule has 0 saturated heterocycles. The van der Waals surface area contributed by atoms with E-state index in [0.29, 0.717) is 22.4 Å². The van der Waals surface area contributed by atoms with Crippen molar-refractivity contribution in [1.29, 1.82) is 0 Å². The van der Waals surface area contributed by atoms with Crippen LogP contribution in [0.2, 0.25) is 10.0 Å². The molecule has 0 aliphatic heterocycles. The fourth-order valence-corrected chi connectivity index (χ4v) is 4.13. The van der Waals surface area contributed by atoms with Gasteiger partial charge in [-0.1, -0.05) is 55.2 Å². The predicted molar refractivity (Wildman–Crippen MR) is 127 cm³/mol. The van der Waals surface area contributed by atoms with E-state index in [4.69, 9.17) is 27.9 Å². The van der Waals surface area contributed by atoms with Gasteiger partial charge >= 0.3 is 0 Å². The van der Waals surface area contributed by atoms with Crippen molar-refractivity contribution in [3.63, 3.8) is 0 Å². The minimum absolute atomic E-state index is 0.0912. The molecule has 1 unspecified atom stereocenters. The fraction of sp³-hybridized carbons (Fsp3) is 0.320. The molecule has 1 atom stereocenters. The first-order valence-corrected chi connectivity index (χ1v) is 11.6. The van der Waals surface area contributed by atoms with Crippen molar-refractivity contribution >= 4 is 29.1 Å². The molecule has 33 heavy (non-hydrogen) atoms. The smallest absolute Gasteiger partial charge is 0.257 e. The molecular formula is C25H24Cl2FN3O2. The average molecular weight is 488 g/mol. The van der Waals surface area contributed by atoms with Gasteiger partial charge in [0, 0.05) is 15.6 Å². The van der Waals surface area contributed by atoms with Crippen LogP contribution in [0.4, 0.5) is 4.39 Å². The molecule has 0 radical (unpaired) electrons. The fourth-order valence-electron chi connectivity index (χ4n) is 3.61. The summed E-state index contributed by atoms with van der Waals surface area (Å²) < 4.78 is 20.9. The normalized spacial score (nSPS) is 14.2. The molecule has 1 aromatic heterocycles. The summed E-state index contributed by atoms with van der Waals surface area (Å²) in [6.07, 6.45) is 2.25. The number of halogens is 3. The van der Waals surface area contributed by atoms with Crippen molar-refractivity contribution in [3.8, 4) is 11.5 Å². The van der Waals surface area contributed by atoms with Crippen molar-refractivity contribution in [3.05, 3.63) is 81.1 Å². The van der Waals surface area contributed by atoms with Gasteiger partial charge in [-0.15, -0.1) is 0 Å². The zero-order valence-electron chi connectivity index (χ0n) is 18.3. The van der Waals surface area contributed by atoms with Crippen LogP contribution >= 0.6 is 23.2 Å². The van der Waals surface area contributed by atoms with E-state index in [-0.39, 0.29) is 34.4 Å². The van der Waals surface area contributed by atoms with Crippen LogP contribution in [0.1, 0.15) is 71.9 Å². The van der Waals surface area contributed by atoms with Gasteiger partial charge in [0.05, 0.1) is 18.4 Å². The minimum Gasteiger partial charge on any atom is -0.455 e. The number of carbonyl (C=O) groups is 1. The second-order valence-corrected chi connectivity index (χ2v) is 9.26. The van der Waals surface area contributed by atoms with Gasteiger partial charge in [0.1, 0.15) is 17.5 Å². The molecule has 1 fully saturated rings. The summed E-state index contributed by atoms with van der Waals surface area (Å²) in [6.45, 7) is 3.55.